The Morgan fingerprint density at radius 2 is 1.96 bits per heavy atom. The minimum Gasteiger partial charge on any atom is -0.322 e. The number of amides is 2. The van der Waals surface area contributed by atoms with Gasteiger partial charge in [0.05, 0.1) is 4.91 Å². The summed E-state index contributed by atoms with van der Waals surface area (Å²) in [6.07, 6.45) is 1.73. The lowest BCUT2D eigenvalue weighted by Crippen LogP contribution is -2.17. The van der Waals surface area contributed by atoms with Gasteiger partial charge in [0.1, 0.15) is 4.32 Å². The van der Waals surface area contributed by atoms with Gasteiger partial charge in [0, 0.05) is 16.3 Å². The number of benzene rings is 2. The maximum absolute atomic E-state index is 12.2. The van der Waals surface area contributed by atoms with Gasteiger partial charge in [0.15, 0.2) is 0 Å². The Kier molecular flexibility index (Phi) is 4.99. The van der Waals surface area contributed by atoms with Crippen LogP contribution in [0.4, 0.5) is 5.69 Å². The second-order valence-corrected chi connectivity index (χ2v) is 7.09. The zero-order valence-corrected chi connectivity index (χ0v) is 14.6. The van der Waals surface area contributed by atoms with Crippen LogP contribution < -0.4 is 10.6 Å². The molecule has 0 saturated carbocycles. The first-order valence-corrected chi connectivity index (χ1v) is 8.53. The number of carbonyl (C=O) groups excluding carboxylic acids is 2. The van der Waals surface area contributed by atoms with Gasteiger partial charge in [-0.3, -0.25) is 9.59 Å². The van der Waals surface area contributed by atoms with E-state index < -0.39 is 0 Å². The Hall–Kier alpha value is -2.15. The molecular formula is C17H11ClN2O2S2. The van der Waals surface area contributed by atoms with E-state index in [0.717, 1.165) is 5.56 Å². The predicted molar refractivity (Wildman–Crippen MR) is 102 cm³/mol. The normalized spacial score (nSPS) is 15.5. The van der Waals surface area contributed by atoms with Gasteiger partial charge < -0.3 is 10.6 Å². The first-order valence-electron chi connectivity index (χ1n) is 6.93. The van der Waals surface area contributed by atoms with Crippen LogP contribution in [0.5, 0.6) is 0 Å². The number of thioether (sulfide) groups is 1. The lowest BCUT2D eigenvalue weighted by atomic mass is 10.1. The molecule has 3 rings (SSSR count). The molecule has 2 aromatic carbocycles. The number of hydrogen-bond donors (Lipinski definition) is 2. The highest BCUT2D eigenvalue weighted by Gasteiger charge is 2.21. The molecule has 2 aromatic rings. The van der Waals surface area contributed by atoms with Crippen LogP contribution in [0.1, 0.15) is 15.9 Å². The van der Waals surface area contributed by atoms with Gasteiger partial charge in [-0.1, -0.05) is 47.7 Å². The lowest BCUT2D eigenvalue weighted by Gasteiger charge is -2.06. The molecule has 24 heavy (non-hydrogen) atoms. The van der Waals surface area contributed by atoms with E-state index in [2.05, 4.69) is 10.6 Å². The summed E-state index contributed by atoms with van der Waals surface area (Å²) in [7, 11) is 0. The van der Waals surface area contributed by atoms with Crippen LogP contribution >= 0.6 is 35.6 Å². The molecule has 1 fully saturated rings. The van der Waals surface area contributed by atoms with Crippen LogP contribution in [0.3, 0.4) is 0 Å². The minimum atomic E-state index is -0.231. The number of rotatable bonds is 3. The highest BCUT2D eigenvalue weighted by Crippen LogP contribution is 2.26. The number of hydrogen-bond acceptors (Lipinski definition) is 4. The van der Waals surface area contributed by atoms with Gasteiger partial charge >= 0.3 is 0 Å². The van der Waals surface area contributed by atoms with Gasteiger partial charge in [-0.15, -0.1) is 0 Å². The monoisotopic (exact) mass is 374 g/mol. The third-order valence-corrected chi connectivity index (χ3v) is 4.61. The maximum Gasteiger partial charge on any atom is 0.263 e. The molecular weight excluding hydrogens is 364 g/mol. The molecule has 1 saturated heterocycles. The van der Waals surface area contributed by atoms with Crippen molar-refractivity contribution in [3.8, 4) is 0 Å². The van der Waals surface area contributed by atoms with Crippen molar-refractivity contribution < 1.29 is 9.59 Å². The van der Waals surface area contributed by atoms with Crippen molar-refractivity contribution in [2.75, 3.05) is 5.32 Å². The van der Waals surface area contributed by atoms with Crippen LogP contribution in [0.25, 0.3) is 6.08 Å². The summed E-state index contributed by atoms with van der Waals surface area (Å²) in [5, 5.41) is 5.96. The van der Waals surface area contributed by atoms with E-state index in [4.69, 9.17) is 23.8 Å². The van der Waals surface area contributed by atoms with Gasteiger partial charge in [0.2, 0.25) is 0 Å². The van der Waals surface area contributed by atoms with Crippen molar-refractivity contribution in [1.82, 2.24) is 5.32 Å². The Labute approximate surface area is 153 Å². The van der Waals surface area contributed by atoms with Crippen LogP contribution in [0, 0.1) is 0 Å². The third-order valence-electron chi connectivity index (χ3n) is 3.19. The van der Waals surface area contributed by atoms with E-state index in [1.807, 2.05) is 6.07 Å². The van der Waals surface area contributed by atoms with E-state index in [1.54, 1.807) is 48.5 Å². The summed E-state index contributed by atoms with van der Waals surface area (Å²) in [6.45, 7) is 0. The van der Waals surface area contributed by atoms with E-state index in [-0.39, 0.29) is 11.8 Å². The summed E-state index contributed by atoms with van der Waals surface area (Å²) in [4.78, 5) is 24.4. The smallest absolute Gasteiger partial charge is 0.263 e. The van der Waals surface area contributed by atoms with Gasteiger partial charge in [-0.05, 0) is 48.0 Å². The number of nitrogens with one attached hydrogen (secondary N) is 2. The first kappa shape index (κ1) is 16.7. The number of anilines is 1. The van der Waals surface area contributed by atoms with Crippen LogP contribution in [-0.2, 0) is 4.79 Å². The molecule has 0 atom stereocenters. The Balaban J connectivity index is 1.77. The second kappa shape index (κ2) is 7.17. The van der Waals surface area contributed by atoms with Gasteiger partial charge in [-0.25, -0.2) is 0 Å². The topological polar surface area (TPSA) is 58.2 Å². The molecule has 4 nitrogen and oxygen atoms in total. The molecule has 0 aliphatic carbocycles. The molecule has 1 aliphatic heterocycles. The van der Waals surface area contributed by atoms with Gasteiger partial charge in [0.25, 0.3) is 11.8 Å². The molecule has 1 heterocycles. The Bertz CT molecular complexity index is 863. The van der Waals surface area contributed by atoms with E-state index in [1.165, 1.54) is 11.8 Å². The zero-order chi connectivity index (χ0) is 17.1. The number of thiocarbonyl (C=S) groups is 1. The molecule has 0 unspecified atom stereocenters. The Morgan fingerprint density at radius 1 is 1.21 bits per heavy atom. The minimum absolute atomic E-state index is 0.208. The van der Waals surface area contributed by atoms with E-state index >= 15 is 0 Å². The van der Waals surface area contributed by atoms with E-state index in [9.17, 15) is 9.59 Å². The predicted octanol–water partition coefficient (Wildman–Crippen LogP) is 4.08. The number of carbonyl (C=O) groups is 2. The average Bonchev–Trinajstić information content (AvgIpc) is 2.86. The summed E-state index contributed by atoms with van der Waals surface area (Å²) >= 11 is 12.0. The largest absolute Gasteiger partial charge is 0.322 e. The molecule has 2 N–H and O–H groups in total. The summed E-state index contributed by atoms with van der Waals surface area (Å²) < 4.78 is 0.443. The highest BCUT2D eigenvalue weighted by atomic mass is 35.5. The lowest BCUT2D eigenvalue weighted by molar-refractivity contribution is -0.115. The summed E-state index contributed by atoms with van der Waals surface area (Å²) in [5.41, 5.74) is 1.95. The fourth-order valence-corrected chi connectivity index (χ4v) is 3.25. The fraction of sp³-hybridized carbons (Fsp3) is 0. The van der Waals surface area contributed by atoms with Gasteiger partial charge in [-0.2, -0.15) is 0 Å². The molecule has 0 radical (unpaired) electrons. The van der Waals surface area contributed by atoms with Crippen molar-refractivity contribution >= 4 is 63.5 Å². The molecule has 1 aliphatic rings. The molecule has 7 heteroatoms. The second-order valence-electron chi connectivity index (χ2n) is 4.94. The molecule has 0 bridgehead atoms. The third kappa shape index (κ3) is 4.03. The van der Waals surface area contributed by atoms with Crippen LogP contribution in [0.2, 0.25) is 5.02 Å². The maximum atomic E-state index is 12.2. The summed E-state index contributed by atoms with van der Waals surface area (Å²) in [6, 6.07) is 13.9. The fourth-order valence-electron chi connectivity index (χ4n) is 2.08. The van der Waals surface area contributed by atoms with Crippen molar-refractivity contribution in [2.24, 2.45) is 0 Å². The summed E-state index contributed by atoms with van der Waals surface area (Å²) in [5.74, 6) is -0.439. The Morgan fingerprint density at radius 3 is 2.62 bits per heavy atom. The SMILES string of the molecule is O=C1NC(=S)SC1=Cc1cccc(NC(=O)c2ccc(Cl)cc2)c1. The standard InChI is InChI=1S/C17H11ClN2O2S2/c18-12-6-4-11(5-7-12)15(21)19-13-3-1-2-10(8-13)9-14-16(22)20-17(23)24-14/h1-9H,(H,19,21)(H,20,22,23). The number of halogens is 1. The van der Waals surface area contributed by atoms with Crippen molar-refractivity contribution in [1.29, 1.82) is 0 Å². The molecule has 2 amide bonds. The highest BCUT2D eigenvalue weighted by molar-refractivity contribution is 8.26. The first-order chi connectivity index (χ1) is 11.5. The van der Waals surface area contributed by atoms with Crippen LogP contribution in [-0.4, -0.2) is 16.1 Å². The quantitative estimate of drug-likeness (QED) is 0.627. The zero-order valence-electron chi connectivity index (χ0n) is 12.2. The molecule has 0 spiro atoms. The average molecular weight is 375 g/mol. The molecule has 0 aromatic heterocycles. The molecule has 120 valence electrons. The van der Waals surface area contributed by atoms with E-state index in [0.29, 0.717) is 25.5 Å². The van der Waals surface area contributed by atoms with Crippen molar-refractivity contribution in [3.05, 3.63) is 69.6 Å². The van der Waals surface area contributed by atoms with Crippen molar-refractivity contribution in [2.45, 2.75) is 0 Å². The van der Waals surface area contributed by atoms with Crippen molar-refractivity contribution in [3.63, 3.8) is 0 Å². The van der Waals surface area contributed by atoms with Crippen LogP contribution in [0.15, 0.2) is 53.4 Å².